The van der Waals surface area contributed by atoms with Crippen LogP contribution >= 0.6 is 0 Å². The van der Waals surface area contributed by atoms with Gasteiger partial charge in [-0.1, -0.05) is 0 Å². The van der Waals surface area contributed by atoms with E-state index in [9.17, 15) is 0 Å². The first-order valence-corrected chi connectivity index (χ1v) is 4.84. The minimum Gasteiger partial charge on any atom is -0.381 e. The Morgan fingerprint density at radius 3 is 2.46 bits per heavy atom. The van der Waals surface area contributed by atoms with Crippen molar-refractivity contribution in [3.8, 4) is 6.07 Å². The van der Waals surface area contributed by atoms with E-state index in [1.807, 2.05) is 6.92 Å². The average molecular weight is 183 g/mol. The van der Waals surface area contributed by atoms with Crippen LogP contribution in [0.15, 0.2) is 0 Å². The Balaban J connectivity index is 2.49. The molecule has 0 aromatic rings. The molecule has 0 aliphatic heterocycles. The highest BCUT2D eigenvalue weighted by Gasteiger charge is 2.35. The number of nitriles is 1. The van der Waals surface area contributed by atoms with Crippen LogP contribution in [0.4, 0.5) is 0 Å². The lowest BCUT2D eigenvalue weighted by molar-refractivity contribution is -0.0542. The van der Waals surface area contributed by atoms with E-state index in [0.717, 1.165) is 25.7 Å². The largest absolute Gasteiger partial charge is 0.381 e. The van der Waals surface area contributed by atoms with Crippen LogP contribution < -0.4 is 0 Å². The summed E-state index contributed by atoms with van der Waals surface area (Å²) in [6.07, 6.45) is 3.79. The van der Waals surface area contributed by atoms with E-state index in [2.05, 4.69) is 6.07 Å². The number of ether oxygens (including phenoxy) is 2. The Morgan fingerprint density at radius 2 is 2.08 bits per heavy atom. The van der Waals surface area contributed by atoms with Crippen molar-refractivity contribution < 1.29 is 9.47 Å². The number of rotatable bonds is 3. The molecular formula is C10H17NO2. The molecule has 0 unspecified atom stereocenters. The summed E-state index contributed by atoms with van der Waals surface area (Å²) in [6.45, 7) is 2.55. The van der Waals surface area contributed by atoms with Crippen LogP contribution in [0.3, 0.4) is 0 Å². The van der Waals surface area contributed by atoms with Crippen molar-refractivity contribution in [2.45, 2.75) is 44.3 Å². The molecule has 0 saturated heterocycles. The number of nitrogens with zero attached hydrogens (tertiary/aromatic N) is 1. The normalized spacial score (nSPS) is 34.1. The maximum absolute atomic E-state index is 9.02. The van der Waals surface area contributed by atoms with Crippen molar-refractivity contribution in [3.63, 3.8) is 0 Å². The van der Waals surface area contributed by atoms with E-state index in [0.29, 0.717) is 12.7 Å². The average Bonchev–Trinajstić information content (AvgIpc) is 2.19. The van der Waals surface area contributed by atoms with Gasteiger partial charge in [-0.3, -0.25) is 0 Å². The van der Waals surface area contributed by atoms with Gasteiger partial charge < -0.3 is 9.47 Å². The third kappa shape index (κ3) is 2.43. The van der Waals surface area contributed by atoms with E-state index < -0.39 is 5.60 Å². The van der Waals surface area contributed by atoms with Crippen LogP contribution in [0.1, 0.15) is 32.6 Å². The van der Waals surface area contributed by atoms with Crippen LogP contribution in [0.2, 0.25) is 0 Å². The molecule has 0 bridgehead atoms. The number of hydrogen-bond donors (Lipinski definition) is 0. The smallest absolute Gasteiger partial charge is 0.154 e. The van der Waals surface area contributed by atoms with Gasteiger partial charge in [0.05, 0.1) is 12.2 Å². The molecule has 0 radical (unpaired) electrons. The maximum Gasteiger partial charge on any atom is 0.154 e. The fourth-order valence-corrected chi connectivity index (χ4v) is 1.86. The summed E-state index contributed by atoms with van der Waals surface area (Å²) < 4.78 is 10.7. The maximum atomic E-state index is 9.02. The van der Waals surface area contributed by atoms with Crippen molar-refractivity contribution in [1.82, 2.24) is 0 Å². The molecule has 3 heteroatoms. The SMILES string of the molecule is CCOC1(C#N)CCC(OC)CC1. The lowest BCUT2D eigenvalue weighted by Crippen LogP contribution is -2.37. The highest BCUT2D eigenvalue weighted by molar-refractivity contribution is 5.04. The number of hydrogen-bond acceptors (Lipinski definition) is 3. The Labute approximate surface area is 79.6 Å². The van der Waals surface area contributed by atoms with Crippen LogP contribution in [0.5, 0.6) is 0 Å². The summed E-state index contributed by atoms with van der Waals surface area (Å²) in [7, 11) is 1.73. The fourth-order valence-electron chi connectivity index (χ4n) is 1.86. The topological polar surface area (TPSA) is 42.2 Å². The standard InChI is InChI=1S/C10H17NO2/c1-3-13-10(8-11)6-4-9(12-2)5-7-10/h9H,3-7H2,1-2H3. The van der Waals surface area contributed by atoms with Crippen molar-refractivity contribution in [1.29, 1.82) is 5.26 Å². The monoisotopic (exact) mass is 183 g/mol. The van der Waals surface area contributed by atoms with Gasteiger partial charge in [-0.25, -0.2) is 0 Å². The molecular weight excluding hydrogens is 166 g/mol. The minimum atomic E-state index is -0.524. The summed E-state index contributed by atoms with van der Waals surface area (Å²) >= 11 is 0. The van der Waals surface area contributed by atoms with Gasteiger partial charge in [0.15, 0.2) is 5.60 Å². The van der Waals surface area contributed by atoms with Gasteiger partial charge in [-0.15, -0.1) is 0 Å². The summed E-state index contributed by atoms with van der Waals surface area (Å²) in [4.78, 5) is 0. The molecule has 0 spiro atoms. The summed E-state index contributed by atoms with van der Waals surface area (Å²) in [6, 6.07) is 2.29. The van der Waals surface area contributed by atoms with Crippen LogP contribution in [-0.2, 0) is 9.47 Å². The van der Waals surface area contributed by atoms with E-state index >= 15 is 0 Å². The van der Waals surface area contributed by atoms with Gasteiger partial charge in [-0.05, 0) is 32.6 Å². The summed E-state index contributed by atoms with van der Waals surface area (Å²) in [5, 5.41) is 9.02. The van der Waals surface area contributed by atoms with Crippen LogP contribution in [0, 0.1) is 11.3 Å². The van der Waals surface area contributed by atoms with E-state index in [-0.39, 0.29) is 0 Å². The second-order valence-corrected chi connectivity index (χ2v) is 3.47. The third-order valence-electron chi connectivity index (χ3n) is 2.70. The molecule has 13 heavy (non-hydrogen) atoms. The summed E-state index contributed by atoms with van der Waals surface area (Å²) in [5.74, 6) is 0. The van der Waals surface area contributed by atoms with Crippen molar-refractivity contribution >= 4 is 0 Å². The van der Waals surface area contributed by atoms with E-state index in [1.54, 1.807) is 7.11 Å². The van der Waals surface area contributed by atoms with Crippen molar-refractivity contribution in [2.75, 3.05) is 13.7 Å². The van der Waals surface area contributed by atoms with Gasteiger partial charge in [0.25, 0.3) is 0 Å². The predicted octanol–water partition coefficient (Wildman–Crippen LogP) is 1.87. The molecule has 1 aliphatic rings. The molecule has 1 aliphatic carbocycles. The molecule has 1 saturated carbocycles. The lowest BCUT2D eigenvalue weighted by Gasteiger charge is -2.33. The Kier molecular flexibility index (Phi) is 3.71. The van der Waals surface area contributed by atoms with E-state index in [1.165, 1.54) is 0 Å². The third-order valence-corrected chi connectivity index (χ3v) is 2.70. The van der Waals surface area contributed by atoms with Crippen molar-refractivity contribution in [3.05, 3.63) is 0 Å². The first kappa shape index (κ1) is 10.5. The highest BCUT2D eigenvalue weighted by Crippen LogP contribution is 2.32. The van der Waals surface area contributed by atoms with Gasteiger partial charge in [0.2, 0.25) is 0 Å². The zero-order chi connectivity index (χ0) is 9.73. The highest BCUT2D eigenvalue weighted by atomic mass is 16.5. The van der Waals surface area contributed by atoms with Crippen molar-refractivity contribution in [2.24, 2.45) is 0 Å². The summed E-state index contributed by atoms with van der Waals surface area (Å²) in [5.41, 5.74) is -0.524. The lowest BCUT2D eigenvalue weighted by atomic mass is 9.84. The Morgan fingerprint density at radius 1 is 1.46 bits per heavy atom. The minimum absolute atomic E-state index is 0.321. The van der Waals surface area contributed by atoms with Crippen LogP contribution in [0.25, 0.3) is 0 Å². The predicted molar refractivity (Wildman–Crippen MR) is 49.2 cm³/mol. The second kappa shape index (κ2) is 4.59. The molecule has 0 aromatic heterocycles. The van der Waals surface area contributed by atoms with Gasteiger partial charge in [0, 0.05) is 13.7 Å². The van der Waals surface area contributed by atoms with Gasteiger partial charge >= 0.3 is 0 Å². The van der Waals surface area contributed by atoms with E-state index in [4.69, 9.17) is 14.7 Å². The van der Waals surface area contributed by atoms with Gasteiger partial charge in [-0.2, -0.15) is 5.26 Å². The van der Waals surface area contributed by atoms with Gasteiger partial charge in [0.1, 0.15) is 0 Å². The Hall–Kier alpha value is -0.590. The van der Waals surface area contributed by atoms with Crippen LogP contribution in [-0.4, -0.2) is 25.4 Å². The zero-order valence-electron chi connectivity index (χ0n) is 8.38. The molecule has 1 fully saturated rings. The Bertz CT molecular complexity index is 190. The zero-order valence-corrected chi connectivity index (χ0v) is 8.38. The quantitative estimate of drug-likeness (QED) is 0.670. The molecule has 0 amide bonds. The number of methoxy groups -OCH3 is 1. The second-order valence-electron chi connectivity index (χ2n) is 3.47. The molecule has 0 atom stereocenters. The molecule has 3 nitrogen and oxygen atoms in total. The molecule has 0 heterocycles. The fraction of sp³-hybridized carbons (Fsp3) is 0.900. The molecule has 0 aromatic carbocycles. The first-order chi connectivity index (χ1) is 6.26. The molecule has 1 rings (SSSR count). The molecule has 0 N–H and O–H groups in total. The first-order valence-electron chi connectivity index (χ1n) is 4.84. The molecule has 74 valence electrons.